The highest BCUT2D eigenvalue weighted by Gasteiger charge is 2.17. The van der Waals surface area contributed by atoms with Crippen LogP contribution in [-0.2, 0) is 11.3 Å². The molecule has 2 N–H and O–H groups in total. The summed E-state index contributed by atoms with van der Waals surface area (Å²) in [6, 6.07) is 8.17. The maximum absolute atomic E-state index is 11.5. The maximum Gasteiger partial charge on any atom is 0.407 e. The molecule has 1 aromatic carbocycles. The maximum atomic E-state index is 11.5. The Morgan fingerprint density at radius 3 is 3.18 bits per heavy atom. The van der Waals surface area contributed by atoms with Gasteiger partial charge in [0.1, 0.15) is 6.61 Å². The Balaban J connectivity index is 1.75. The van der Waals surface area contributed by atoms with Gasteiger partial charge in [-0.1, -0.05) is 29.8 Å². The predicted octanol–water partition coefficient (Wildman–Crippen LogP) is 1.58. The van der Waals surface area contributed by atoms with Crippen LogP contribution in [-0.4, -0.2) is 25.2 Å². The van der Waals surface area contributed by atoms with E-state index in [0.717, 1.165) is 25.1 Å². The van der Waals surface area contributed by atoms with Crippen LogP contribution in [0.3, 0.4) is 0 Å². The van der Waals surface area contributed by atoms with Gasteiger partial charge in [0.05, 0.1) is 0 Å². The van der Waals surface area contributed by atoms with E-state index in [0.29, 0.717) is 6.61 Å². The molecule has 1 aliphatic heterocycles. The molecule has 0 bridgehead atoms. The largest absolute Gasteiger partial charge is 0.445 e. The lowest BCUT2D eigenvalue weighted by molar-refractivity contribution is 0.136. The lowest BCUT2D eigenvalue weighted by atomic mass is 10.1. The normalized spacial score (nSPS) is 19.0. The van der Waals surface area contributed by atoms with E-state index in [1.807, 2.05) is 31.2 Å². The van der Waals surface area contributed by atoms with E-state index in [1.54, 1.807) is 0 Å². The molecule has 1 aliphatic rings. The van der Waals surface area contributed by atoms with Crippen molar-refractivity contribution in [1.82, 2.24) is 10.6 Å². The number of nitrogens with one attached hydrogen (secondary N) is 2. The first kappa shape index (κ1) is 11.9. The Morgan fingerprint density at radius 2 is 2.47 bits per heavy atom. The fourth-order valence-corrected chi connectivity index (χ4v) is 1.94. The van der Waals surface area contributed by atoms with Crippen molar-refractivity contribution in [2.75, 3.05) is 13.1 Å². The third kappa shape index (κ3) is 3.75. The summed E-state index contributed by atoms with van der Waals surface area (Å²) in [7, 11) is 0. The topological polar surface area (TPSA) is 50.4 Å². The van der Waals surface area contributed by atoms with Crippen molar-refractivity contribution in [2.24, 2.45) is 0 Å². The van der Waals surface area contributed by atoms with Crippen molar-refractivity contribution < 1.29 is 9.53 Å². The Morgan fingerprint density at radius 1 is 1.59 bits per heavy atom. The van der Waals surface area contributed by atoms with Crippen LogP contribution in [0.15, 0.2) is 24.3 Å². The highest BCUT2D eigenvalue weighted by atomic mass is 16.5. The summed E-state index contributed by atoms with van der Waals surface area (Å²) in [4.78, 5) is 11.5. The molecular formula is C13H18N2O2. The van der Waals surface area contributed by atoms with Gasteiger partial charge in [-0.2, -0.15) is 0 Å². The average Bonchev–Trinajstić information content (AvgIpc) is 2.79. The summed E-state index contributed by atoms with van der Waals surface area (Å²) >= 11 is 0. The predicted molar refractivity (Wildman–Crippen MR) is 65.8 cm³/mol. The average molecular weight is 234 g/mol. The molecule has 1 aromatic rings. The smallest absolute Gasteiger partial charge is 0.407 e. The Hall–Kier alpha value is -1.55. The van der Waals surface area contributed by atoms with Gasteiger partial charge in [0.2, 0.25) is 0 Å². The molecule has 17 heavy (non-hydrogen) atoms. The lowest BCUT2D eigenvalue weighted by Gasteiger charge is -2.11. The zero-order chi connectivity index (χ0) is 12.1. The molecule has 1 fully saturated rings. The molecule has 4 heteroatoms. The fraction of sp³-hybridized carbons (Fsp3) is 0.462. The number of rotatable bonds is 3. The third-order valence-electron chi connectivity index (χ3n) is 2.83. The Kier molecular flexibility index (Phi) is 3.98. The molecule has 0 aromatic heterocycles. The standard InChI is InChI=1S/C13H18N2O2/c1-10-3-2-4-11(7-10)9-17-13(16)15-12-5-6-14-8-12/h2-4,7,12,14H,5-6,8-9H2,1H3,(H,15,16). The van der Waals surface area contributed by atoms with Crippen LogP contribution in [0.1, 0.15) is 17.5 Å². The summed E-state index contributed by atoms with van der Waals surface area (Å²) in [6.07, 6.45) is 0.639. The molecule has 2 rings (SSSR count). The number of alkyl carbamates (subject to hydrolysis) is 1. The van der Waals surface area contributed by atoms with E-state index in [4.69, 9.17) is 4.74 Å². The van der Waals surface area contributed by atoms with Crippen molar-refractivity contribution in [1.29, 1.82) is 0 Å². The van der Waals surface area contributed by atoms with Crippen LogP contribution in [0.5, 0.6) is 0 Å². The number of ether oxygens (including phenoxy) is 1. The van der Waals surface area contributed by atoms with E-state index < -0.39 is 0 Å². The second kappa shape index (κ2) is 5.68. The van der Waals surface area contributed by atoms with Gasteiger partial charge in [-0.15, -0.1) is 0 Å². The van der Waals surface area contributed by atoms with Crippen molar-refractivity contribution >= 4 is 6.09 Å². The van der Waals surface area contributed by atoms with E-state index in [1.165, 1.54) is 5.56 Å². The summed E-state index contributed by atoms with van der Waals surface area (Å²) < 4.78 is 5.17. The zero-order valence-corrected chi connectivity index (χ0v) is 10.0. The molecule has 0 aliphatic carbocycles. The van der Waals surface area contributed by atoms with E-state index in [9.17, 15) is 4.79 Å². The molecule has 0 radical (unpaired) electrons. The molecule has 0 spiro atoms. The van der Waals surface area contributed by atoms with Crippen LogP contribution in [0.25, 0.3) is 0 Å². The molecule has 1 heterocycles. The molecule has 1 unspecified atom stereocenters. The number of carbonyl (C=O) groups excluding carboxylic acids is 1. The zero-order valence-electron chi connectivity index (χ0n) is 10.0. The monoisotopic (exact) mass is 234 g/mol. The SMILES string of the molecule is Cc1cccc(COC(=O)NC2CCNC2)c1. The second-order valence-corrected chi connectivity index (χ2v) is 4.40. The minimum absolute atomic E-state index is 0.208. The van der Waals surface area contributed by atoms with Gasteiger partial charge in [-0.05, 0) is 25.5 Å². The number of hydrogen-bond acceptors (Lipinski definition) is 3. The van der Waals surface area contributed by atoms with E-state index in [2.05, 4.69) is 10.6 Å². The number of carbonyl (C=O) groups is 1. The van der Waals surface area contributed by atoms with E-state index >= 15 is 0 Å². The van der Waals surface area contributed by atoms with Crippen LogP contribution < -0.4 is 10.6 Å². The minimum atomic E-state index is -0.333. The fourth-order valence-electron chi connectivity index (χ4n) is 1.94. The van der Waals surface area contributed by atoms with Gasteiger partial charge < -0.3 is 15.4 Å². The van der Waals surface area contributed by atoms with Gasteiger partial charge >= 0.3 is 6.09 Å². The molecule has 92 valence electrons. The van der Waals surface area contributed by atoms with Gasteiger partial charge in [-0.3, -0.25) is 0 Å². The first-order valence-corrected chi connectivity index (χ1v) is 5.93. The minimum Gasteiger partial charge on any atom is -0.445 e. The van der Waals surface area contributed by atoms with Gasteiger partial charge in [0, 0.05) is 12.6 Å². The van der Waals surface area contributed by atoms with Crippen molar-refractivity contribution in [3.63, 3.8) is 0 Å². The Bertz CT molecular complexity index is 387. The van der Waals surface area contributed by atoms with Gasteiger partial charge in [0.25, 0.3) is 0 Å². The van der Waals surface area contributed by atoms with Gasteiger partial charge in [0.15, 0.2) is 0 Å². The molecular weight excluding hydrogens is 216 g/mol. The third-order valence-corrected chi connectivity index (χ3v) is 2.83. The summed E-state index contributed by atoms with van der Waals surface area (Å²) in [5, 5.41) is 6.03. The number of hydrogen-bond donors (Lipinski definition) is 2. The van der Waals surface area contributed by atoms with E-state index in [-0.39, 0.29) is 12.1 Å². The quantitative estimate of drug-likeness (QED) is 0.835. The number of amides is 1. The first-order chi connectivity index (χ1) is 8.24. The van der Waals surface area contributed by atoms with Crippen molar-refractivity contribution in [2.45, 2.75) is 26.0 Å². The molecule has 1 amide bonds. The van der Waals surface area contributed by atoms with Crippen molar-refractivity contribution in [3.8, 4) is 0 Å². The van der Waals surface area contributed by atoms with Gasteiger partial charge in [-0.25, -0.2) is 4.79 Å². The summed E-state index contributed by atoms with van der Waals surface area (Å²) in [6.45, 7) is 4.14. The summed E-state index contributed by atoms with van der Waals surface area (Å²) in [5.41, 5.74) is 2.19. The first-order valence-electron chi connectivity index (χ1n) is 5.93. The summed E-state index contributed by atoms with van der Waals surface area (Å²) in [5.74, 6) is 0. The van der Waals surface area contributed by atoms with Crippen LogP contribution >= 0.6 is 0 Å². The number of aryl methyl sites for hydroxylation is 1. The highest BCUT2D eigenvalue weighted by molar-refractivity contribution is 5.67. The second-order valence-electron chi connectivity index (χ2n) is 4.40. The van der Waals surface area contributed by atoms with Crippen molar-refractivity contribution in [3.05, 3.63) is 35.4 Å². The number of benzene rings is 1. The molecule has 0 saturated carbocycles. The van der Waals surface area contributed by atoms with Crippen LogP contribution in [0, 0.1) is 6.92 Å². The Labute approximate surface area is 101 Å². The highest BCUT2D eigenvalue weighted by Crippen LogP contribution is 2.05. The molecule has 1 saturated heterocycles. The lowest BCUT2D eigenvalue weighted by Crippen LogP contribution is -2.36. The van der Waals surface area contributed by atoms with Crippen LogP contribution in [0.4, 0.5) is 4.79 Å². The van der Waals surface area contributed by atoms with Crippen LogP contribution in [0.2, 0.25) is 0 Å². The molecule has 1 atom stereocenters. The molecule has 4 nitrogen and oxygen atoms in total.